The molecule has 0 radical (unpaired) electrons. The van der Waals surface area contributed by atoms with Gasteiger partial charge in [0.05, 0.1) is 12.9 Å². The van der Waals surface area contributed by atoms with Gasteiger partial charge in [0, 0.05) is 12.1 Å². The van der Waals surface area contributed by atoms with Gasteiger partial charge in [-0.05, 0) is 30.2 Å². The number of carbonyl (C=O) groups excluding carboxylic acids is 1. The predicted molar refractivity (Wildman–Crippen MR) is 100 cm³/mol. The van der Waals surface area contributed by atoms with Crippen molar-refractivity contribution in [2.75, 3.05) is 19.4 Å². The molecule has 3 rings (SSSR count). The maximum atomic E-state index is 12.0. The standard InChI is InChI=1S/C19H19N3O3S/c1-24-16-10-6-5-7-14(16)11-12-20-17(23)13-26-19-22-21-18(25-19)15-8-3-2-4-9-15/h2-10H,11-13H2,1H3,(H,20,23). The van der Waals surface area contributed by atoms with Crippen LogP contribution in [-0.2, 0) is 11.2 Å². The Morgan fingerprint density at radius 2 is 1.88 bits per heavy atom. The van der Waals surface area contributed by atoms with Gasteiger partial charge in [-0.1, -0.05) is 48.2 Å². The van der Waals surface area contributed by atoms with Crippen LogP contribution in [0.15, 0.2) is 64.2 Å². The Morgan fingerprint density at radius 3 is 2.69 bits per heavy atom. The number of aromatic nitrogens is 2. The van der Waals surface area contributed by atoms with E-state index in [-0.39, 0.29) is 11.7 Å². The van der Waals surface area contributed by atoms with Gasteiger partial charge < -0.3 is 14.5 Å². The molecule has 0 atom stereocenters. The van der Waals surface area contributed by atoms with Crippen molar-refractivity contribution in [2.45, 2.75) is 11.6 Å². The molecule has 0 spiro atoms. The first-order valence-electron chi connectivity index (χ1n) is 8.16. The molecule has 26 heavy (non-hydrogen) atoms. The van der Waals surface area contributed by atoms with Crippen LogP contribution in [0.25, 0.3) is 11.5 Å². The van der Waals surface area contributed by atoms with E-state index in [0.29, 0.717) is 24.1 Å². The van der Waals surface area contributed by atoms with Gasteiger partial charge in [0.15, 0.2) is 0 Å². The highest BCUT2D eigenvalue weighted by atomic mass is 32.2. The minimum absolute atomic E-state index is 0.0793. The number of benzene rings is 2. The quantitative estimate of drug-likeness (QED) is 0.615. The van der Waals surface area contributed by atoms with Crippen molar-refractivity contribution >= 4 is 17.7 Å². The fourth-order valence-corrected chi connectivity index (χ4v) is 2.98. The first kappa shape index (κ1) is 18.0. The molecule has 2 aromatic carbocycles. The Labute approximate surface area is 156 Å². The van der Waals surface area contributed by atoms with Crippen LogP contribution in [0.5, 0.6) is 5.75 Å². The fourth-order valence-electron chi connectivity index (χ4n) is 2.39. The second-order valence-electron chi connectivity index (χ2n) is 5.44. The lowest BCUT2D eigenvalue weighted by Crippen LogP contribution is -2.27. The van der Waals surface area contributed by atoms with Gasteiger partial charge in [-0.2, -0.15) is 0 Å². The molecule has 0 aliphatic carbocycles. The van der Waals surface area contributed by atoms with Gasteiger partial charge in [-0.15, -0.1) is 10.2 Å². The average molecular weight is 369 g/mol. The van der Waals surface area contributed by atoms with Crippen molar-refractivity contribution in [3.8, 4) is 17.2 Å². The third kappa shape index (κ3) is 4.86. The topological polar surface area (TPSA) is 77.2 Å². The highest BCUT2D eigenvalue weighted by Crippen LogP contribution is 2.22. The van der Waals surface area contributed by atoms with Crippen molar-refractivity contribution in [1.29, 1.82) is 0 Å². The third-order valence-corrected chi connectivity index (χ3v) is 4.48. The molecule has 0 saturated carbocycles. The Hall–Kier alpha value is -2.80. The van der Waals surface area contributed by atoms with E-state index in [4.69, 9.17) is 9.15 Å². The largest absolute Gasteiger partial charge is 0.496 e. The maximum Gasteiger partial charge on any atom is 0.277 e. The molecular weight excluding hydrogens is 350 g/mol. The molecule has 0 unspecified atom stereocenters. The number of nitrogens with zero attached hydrogens (tertiary/aromatic N) is 2. The molecule has 0 saturated heterocycles. The lowest BCUT2D eigenvalue weighted by atomic mass is 10.1. The number of methoxy groups -OCH3 is 1. The Morgan fingerprint density at radius 1 is 1.12 bits per heavy atom. The van der Waals surface area contributed by atoms with Gasteiger partial charge in [0.25, 0.3) is 5.22 Å². The van der Waals surface area contributed by atoms with E-state index in [2.05, 4.69) is 15.5 Å². The Kier molecular flexibility index (Phi) is 6.27. The molecule has 1 aromatic heterocycles. The van der Waals surface area contributed by atoms with E-state index in [0.717, 1.165) is 16.9 Å². The predicted octanol–water partition coefficient (Wildman–Crippen LogP) is 3.20. The van der Waals surface area contributed by atoms with Gasteiger partial charge >= 0.3 is 0 Å². The zero-order valence-electron chi connectivity index (χ0n) is 14.3. The van der Waals surface area contributed by atoms with Crippen molar-refractivity contribution in [3.05, 3.63) is 60.2 Å². The minimum atomic E-state index is -0.0793. The monoisotopic (exact) mass is 369 g/mol. The lowest BCUT2D eigenvalue weighted by Gasteiger charge is -2.08. The molecule has 134 valence electrons. The molecule has 0 aliphatic heterocycles. The Balaban J connectivity index is 1.44. The van der Waals surface area contributed by atoms with Crippen LogP contribution < -0.4 is 10.1 Å². The summed E-state index contributed by atoms with van der Waals surface area (Å²) in [5, 5.41) is 11.2. The van der Waals surface area contributed by atoms with Crippen LogP contribution in [0, 0.1) is 0 Å². The number of amides is 1. The Bertz CT molecular complexity index is 852. The molecule has 1 N–H and O–H groups in total. The van der Waals surface area contributed by atoms with Crippen molar-refractivity contribution in [1.82, 2.24) is 15.5 Å². The first-order valence-corrected chi connectivity index (χ1v) is 9.15. The van der Waals surface area contributed by atoms with Crippen LogP contribution in [0.2, 0.25) is 0 Å². The highest BCUT2D eigenvalue weighted by molar-refractivity contribution is 7.99. The van der Waals surface area contributed by atoms with E-state index in [1.807, 2.05) is 54.6 Å². The minimum Gasteiger partial charge on any atom is -0.496 e. The second kappa shape index (κ2) is 9.05. The summed E-state index contributed by atoms with van der Waals surface area (Å²) in [4.78, 5) is 12.0. The van der Waals surface area contributed by atoms with E-state index in [1.165, 1.54) is 11.8 Å². The number of hydrogen-bond donors (Lipinski definition) is 1. The summed E-state index contributed by atoms with van der Waals surface area (Å²) in [6.45, 7) is 0.541. The molecule has 7 heteroatoms. The normalized spacial score (nSPS) is 10.5. The lowest BCUT2D eigenvalue weighted by molar-refractivity contribution is -0.118. The fraction of sp³-hybridized carbons (Fsp3) is 0.211. The maximum absolute atomic E-state index is 12.0. The molecule has 1 amide bonds. The molecule has 0 fully saturated rings. The number of thioether (sulfide) groups is 1. The van der Waals surface area contributed by atoms with Gasteiger partial charge in [-0.3, -0.25) is 4.79 Å². The number of ether oxygens (including phenoxy) is 1. The molecule has 6 nitrogen and oxygen atoms in total. The van der Waals surface area contributed by atoms with E-state index < -0.39 is 0 Å². The van der Waals surface area contributed by atoms with Crippen LogP contribution >= 0.6 is 11.8 Å². The van der Waals surface area contributed by atoms with Gasteiger partial charge in [-0.25, -0.2) is 0 Å². The van der Waals surface area contributed by atoms with Crippen molar-refractivity contribution in [3.63, 3.8) is 0 Å². The number of nitrogens with one attached hydrogen (secondary N) is 1. The zero-order valence-corrected chi connectivity index (χ0v) is 15.2. The van der Waals surface area contributed by atoms with Crippen LogP contribution in [0.4, 0.5) is 0 Å². The molecule has 0 bridgehead atoms. The smallest absolute Gasteiger partial charge is 0.277 e. The van der Waals surface area contributed by atoms with Crippen LogP contribution in [0.3, 0.4) is 0 Å². The molecule has 0 aliphatic rings. The third-order valence-electron chi connectivity index (χ3n) is 3.66. The first-order chi connectivity index (χ1) is 12.8. The summed E-state index contributed by atoms with van der Waals surface area (Å²) in [7, 11) is 1.64. The van der Waals surface area contributed by atoms with E-state index in [1.54, 1.807) is 7.11 Å². The summed E-state index contributed by atoms with van der Waals surface area (Å²) >= 11 is 1.22. The van der Waals surface area contributed by atoms with Crippen LogP contribution in [-0.4, -0.2) is 35.5 Å². The van der Waals surface area contributed by atoms with Crippen molar-refractivity contribution < 1.29 is 13.9 Å². The number of hydrogen-bond acceptors (Lipinski definition) is 6. The summed E-state index contributed by atoms with van der Waals surface area (Å²) < 4.78 is 10.9. The number of carbonyl (C=O) groups is 1. The summed E-state index contributed by atoms with van der Waals surface area (Å²) in [5.41, 5.74) is 1.92. The van der Waals surface area contributed by atoms with E-state index >= 15 is 0 Å². The second-order valence-corrected chi connectivity index (χ2v) is 6.37. The highest BCUT2D eigenvalue weighted by Gasteiger charge is 2.11. The summed E-state index contributed by atoms with van der Waals surface area (Å²) in [6, 6.07) is 17.3. The molecule has 3 aromatic rings. The SMILES string of the molecule is COc1ccccc1CCNC(=O)CSc1nnc(-c2ccccc2)o1. The van der Waals surface area contributed by atoms with Crippen LogP contribution in [0.1, 0.15) is 5.56 Å². The zero-order chi connectivity index (χ0) is 18.2. The summed E-state index contributed by atoms with van der Waals surface area (Å²) in [6.07, 6.45) is 0.707. The average Bonchev–Trinajstić information content (AvgIpc) is 3.16. The summed E-state index contributed by atoms with van der Waals surface area (Å²) in [5.74, 6) is 1.42. The number of rotatable bonds is 8. The number of para-hydroxylation sites is 1. The van der Waals surface area contributed by atoms with E-state index in [9.17, 15) is 4.79 Å². The van der Waals surface area contributed by atoms with Crippen molar-refractivity contribution in [2.24, 2.45) is 0 Å². The molecule has 1 heterocycles. The molecular formula is C19H19N3O3S. The van der Waals surface area contributed by atoms with Gasteiger partial charge in [0.2, 0.25) is 11.8 Å². The van der Waals surface area contributed by atoms with Gasteiger partial charge in [0.1, 0.15) is 5.75 Å².